The number of halogens is 1. The molecule has 7 nitrogen and oxygen atoms in total. The molecule has 1 saturated carbocycles. The van der Waals surface area contributed by atoms with Gasteiger partial charge < -0.3 is 25.0 Å². The number of methoxy groups -OCH3 is 1. The molecule has 0 unspecified atom stereocenters. The molecule has 190 valence electrons. The van der Waals surface area contributed by atoms with Gasteiger partial charge in [0.15, 0.2) is 0 Å². The predicted molar refractivity (Wildman–Crippen MR) is 137 cm³/mol. The van der Waals surface area contributed by atoms with E-state index >= 15 is 0 Å². The van der Waals surface area contributed by atoms with E-state index in [2.05, 4.69) is 21.3 Å². The van der Waals surface area contributed by atoms with E-state index in [1.54, 1.807) is 19.2 Å². The number of fused-ring (bicyclic) bond motifs is 4. The summed E-state index contributed by atoms with van der Waals surface area (Å²) in [4.78, 5) is 20.9. The van der Waals surface area contributed by atoms with Crippen LogP contribution in [0.1, 0.15) is 43.0 Å². The number of ether oxygens (including phenoxy) is 1. The second-order valence-electron chi connectivity index (χ2n) is 10.6. The lowest BCUT2D eigenvalue weighted by Crippen LogP contribution is -2.55. The van der Waals surface area contributed by atoms with E-state index in [9.17, 15) is 14.3 Å². The number of aliphatic hydroxyl groups excluding tert-OH is 1. The Bertz CT molecular complexity index is 1280. The molecule has 1 aromatic heterocycles. The van der Waals surface area contributed by atoms with Gasteiger partial charge in [-0.1, -0.05) is 6.07 Å². The van der Waals surface area contributed by atoms with Gasteiger partial charge in [0.2, 0.25) is 0 Å². The van der Waals surface area contributed by atoms with Crippen LogP contribution in [0.25, 0.3) is 10.9 Å². The van der Waals surface area contributed by atoms with Gasteiger partial charge in [0.05, 0.1) is 19.8 Å². The minimum Gasteiger partial charge on any atom is -0.497 e. The Kier molecular flexibility index (Phi) is 5.88. The number of nitrogens with one attached hydrogen (secondary N) is 2. The van der Waals surface area contributed by atoms with Crippen LogP contribution in [0.5, 0.6) is 5.75 Å². The third-order valence-corrected chi connectivity index (χ3v) is 8.29. The standard InChI is InChI=1S/C28H33FN4O3/c1-36-21-7-8-22-23(14-21)31-26-24(16-34)33(15-18-5-6-18)17-28(25(22)26)9-11-32(12-10-28)27(35)30-20-4-2-3-19(29)13-20/h2-4,7-8,13-14,18,24,31,34H,5-6,9-12,15-17H2,1H3,(H,30,35)/t24-/m0/s1. The van der Waals surface area contributed by atoms with Crippen LogP contribution in [0.3, 0.4) is 0 Å². The summed E-state index contributed by atoms with van der Waals surface area (Å²) in [6, 6.07) is 11.9. The summed E-state index contributed by atoms with van der Waals surface area (Å²) in [5.74, 6) is 1.14. The molecular weight excluding hydrogens is 459 g/mol. The number of carbonyl (C=O) groups is 1. The number of hydrogen-bond donors (Lipinski definition) is 3. The van der Waals surface area contributed by atoms with Gasteiger partial charge in [0.25, 0.3) is 0 Å². The average Bonchev–Trinajstić information content (AvgIpc) is 3.61. The number of anilines is 1. The van der Waals surface area contributed by atoms with E-state index in [4.69, 9.17) is 4.74 Å². The van der Waals surface area contributed by atoms with Crippen molar-refractivity contribution in [1.82, 2.24) is 14.8 Å². The minimum absolute atomic E-state index is 0.0566. The summed E-state index contributed by atoms with van der Waals surface area (Å²) in [5.41, 5.74) is 3.77. The van der Waals surface area contributed by atoms with Crippen LogP contribution < -0.4 is 10.1 Å². The zero-order valence-corrected chi connectivity index (χ0v) is 20.6. The number of aliphatic hydroxyl groups is 1. The Hall–Kier alpha value is -3.10. The van der Waals surface area contributed by atoms with Crippen molar-refractivity contribution in [3.63, 3.8) is 0 Å². The second kappa shape index (κ2) is 9.09. The lowest BCUT2D eigenvalue weighted by atomic mass is 9.68. The first-order valence-corrected chi connectivity index (χ1v) is 12.9. The molecule has 2 amide bonds. The number of rotatable bonds is 5. The Morgan fingerprint density at radius 3 is 2.72 bits per heavy atom. The van der Waals surface area contributed by atoms with Gasteiger partial charge in [-0.3, -0.25) is 4.90 Å². The fourth-order valence-corrected chi connectivity index (χ4v) is 6.25. The first-order valence-electron chi connectivity index (χ1n) is 12.9. The number of aromatic amines is 1. The monoisotopic (exact) mass is 492 g/mol. The van der Waals surface area contributed by atoms with Crippen LogP contribution in [-0.2, 0) is 5.41 Å². The number of carbonyl (C=O) groups excluding carboxylic acids is 1. The normalized spacial score (nSPS) is 21.5. The summed E-state index contributed by atoms with van der Waals surface area (Å²) >= 11 is 0. The maximum absolute atomic E-state index is 13.6. The predicted octanol–water partition coefficient (Wildman–Crippen LogP) is 4.64. The molecule has 3 aromatic rings. The molecule has 2 aliphatic heterocycles. The van der Waals surface area contributed by atoms with E-state index < -0.39 is 0 Å². The van der Waals surface area contributed by atoms with E-state index in [0.29, 0.717) is 24.7 Å². The molecule has 8 heteroatoms. The zero-order chi connectivity index (χ0) is 24.9. The SMILES string of the molecule is COc1ccc2c3c([nH]c2c1)[C@H](CO)N(CC1CC1)CC31CCN(C(=O)Nc2cccc(F)c2)CC1. The fourth-order valence-electron chi connectivity index (χ4n) is 6.25. The van der Waals surface area contributed by atoms with Crippen LogP contribution in [0.2, 0.25) is 0 Å². The van der Waals surface area contributed by atoms with Crippen LogP contribution in [0.15, 0.2) is 42.5 Å². The summed E-state index contributed by atoms with van der Waals surface area (Å²) < 4.78 is 19.0. The van der Waals surface area contributed by atoms with Crippen LogP contribution in [0.4, 0.5) is 14.9 Å². The molecule has 3 N–H and O–H groups in total. The average molecular weight is 493 g/mol. The Balaban J connectivity index is 1.31. The van der Waals surface area contributed by atoms with Gasteiger partial charge in [0, 0.05) is 59.9 Å². The van der Waals surface area contributed by atoms with Crippen molar-refractivity contribution in [1.29, 1.82) is 0 Å². The van der Waals surface area contributed by atoms with Crippen molar-refractivity contribution >= 4 is 22.6 Å². The molecule has 6 rings (SSSR count). The highest BCUT2D eigenvalue weighted by atomic mass is 19.1. The Labute approximate surface area is 210 Å². The number of hydrogen-bond acceptors (Lipinski definition) is 4. The molecule has 1 saturated heterocycles. The van der Waals surface area contributed by atoms with E-state index in [0.717, 1.165) is 42.9 Å². The Morgan fingerprint density at radius 2 is 2.03 bits per heavy atom. The highest BCUT2D eigenvalue weighted by molar-refractivity contribution is 5.90. The molecule has 3 heterocycles. The molecule has 2 aromatic carbocycles. The number of likely N-dealkylation sites (tertiary alicyclic amines) is 1. The zero-order valence-electron chi connectivity index (χ0n) is 20.6. The number of piperidine rings is 1. The number of benzene rings is 2. The Morgan fingerprint density at radius 1 is 1.22 bits per heavy atom. The largest absolute Gasteiger partial charge is 0.497 e. The van der Waals surface area contributed by atoms with Gasteiger partial charge in [-0.05, 0) is 67.5 Å². The molecule has 2 fully saturated rings. The molecule has 36 heavy (non-hydrogen) atoms. The van der Waals surface area contributed by atoms with E-state index in [1.165, 1.54) is 35.9 Å². The molecular formula is C28H33FN4O3. The smallest absolute Gasteiger partial charge is 0.321 e. The van der Waals surface area contributed by atoms with Crippen LogP contribution in [-0.4, -0.2) is 65.8 Å². The van der Waals surface area contributed by atoms with Gasteiger partial charge in [0.1, 0.15) is 11.6 Å². The van der Waals surface area contributed by atoms with Gasteiger partial charge >= 0.3 is 6.03 Å². The summed E-state index contributed by atoms with van der Waals surface area (Å²) in [6.45, 7) is 3.17. The van der Waals surface area contributed by atoms with Gasteiger partial charge in [-0.2, -0.15) is 0 Å². The number of amides is 2. The number of aromatic nitrogens is 1. The molecule has 1 atom stereocenters. The third kappa shape index (κ3) is 4.12. The molecule has 3 aliphatic rings. The van der Waals surface area contributed by atoms with Crippen LogP contribution >= 0.6 is 0 Å². The molecule has 0 radical (unpaired) electrons. The maximum atomic E-state index is 13.6. The van der Waals surface area contributed by atoms with Crippen molar-refractivity contribution in [3.8, 4) is 5.75 Å². The topological polar surface area (TPSA) is 80.8 Å². The third-order valence-electron chi connectivity index (χ3n) is 8.29. The highest BCUT2D eigenvalue weighted by Gasteiger charge is 2.48. The molecule has 0 bridgehead atoms. The minimum atomic E-state index is -0.370. The maximum Gasteiger partial charge on any atom is 0.321 e. The highest BCUT2D eigenvalue weighted by Crippen LogP contribution is 2.50. The van der Waals surface area contributed by atoms with Gasteiger partial charge in [-0.25, -0.2) is 9.18 Å². The molecule has 1 spiro atoms. The van der Waals surface area contributed by atoms with E-state index in [-0.39, 0.29) is 29.9 Å². The first kappa shape index (κ1) is 23.3. The van der Waals surface area contributed by atoms with Gasteiger partial charge in [-0.15, -0.1) is 0 Å². The summed E-state index contributed by atoms with van der Waals surface area (Å²) in [5, 5.41) is 14.5. The number of urea groups is 1. The molecule has 1 aliphatic carbocycles. The lowest BCUT2D eigenvalue weighted by Gasteiger charge is -2.50. The van der Waals surface area contributed by atoms with Crippen molar-refractivity contribution < 1.29 is 19.0 Å². The number of H-pyrrole nitrogens is 1. The summed E-state index contributed by atoms with van der Waals surface area (Å²) in [6.07, 6.45) is 4.17. The fraction of sp³-hybridized carbons (Fsp3) is 0.464. The first-order chi connectivity index (χ1) is 17.5. The van der Waals surface area contributed by atoms with Crippen molar-refractivity contribution in [2.24, 2.45) is 5.92 Å². The number of nitrogens with zero attached hydrogens (tertiary/aromatic N) is 2. The lowest BCUT2D eigenvalue weighted by molar-refractivity contribution is 0.0517. The van der Waals surface area contributed by atoms with E-state index in [1.807, 2.05) is 17.0 Å². The second-order valence-corrected chi connectivity index (χ2v) is 10.6. The van der Waals surface area contributed by atoms with Crippen molar-refractivity contribution in [2.45, 2.75) is 37.1 Å². The van der Waals surface area contributed by atoms with Crippen LogP contribution in [0, 0.1) is 11.7 Å². The van der Waals surface area contributed by atoms with Crippen molar-refractivity contribution in [3.05, 3.63) is 59.5 Å². The quantitative estimate of drug-likeness (QED) is 0.485. The summed E-state index contributed by atoms with van der Waals surface area (Å²) in [7, 11) is 1.67. The van der Waals surface area contributed by atoms with Crippen molar-refractivity contribution in [2.75, 3.05) is 45.2 Å².